The number of carboxylic acid groups (broad SMARTS) is 1. The number of ketones is 3. The van der Waals surface area contributed by atoms with Gasteiger partial charge in [0, 0.05) is 19.3 Å². The van der Waals surface area contributed by atoms with Crippen molar-refractivity contribution in [2.45, 2.75) is 186 Å². The van der Waals surface area contributed by atoms with Crippen molar-refractivity contribution < 1.29 is 110 Å². The normalized spacial score (nSPS) is 17.7. The molecular weight excluding hydrogens is 1600 g/mol. The Morgan fingerprint density at radius 2 is 0.976 bits per heavy atom. The first kappa shape index (κ1) is 107. The van der Waals surface area contributed by atoms with Crippen molar-refractivity contribution in [1.82, 2.24) is 21.3 Å². The van der Waals surface area contributed by atoms with Gasteiger partial charge in [-0.2, -0.15) is 0 Å². The van der Waals surface area contributed by atoms with Crippen LogP contribution < -0.4 is 40.2 Å². The Morgan fingerprint density at radius 1 is 0.544 bits per heavy atom. The second-order valence-corrected chi connectivity index (χ2v) is 31.1. The van der Waals surface area contributed by atoms with Crippen LogP contribution >= 0.6 is 0 Å². The maximum absolute atomic E-state index is 13.1. The number of carbonyl (C=O) groups is 11. The molecule has 8 rings (SSSR count). The third-order valence-corrected chi connectivity index (χ3v) is 19.2. The number of benzene rings is 4. The van der Waals surface area contributed by atoms with Gasteiger partial charge in [0.05, 0.1) is 87.1 Å². The van der Waals surface area contributed by atoms with E-state index in [2.05, 4.69) is 41.0 Å². The lowest BCUT2D eigenvalue weighted by atomic mass is 9.74. The minimum absolute atomic E-state index is 0.0104. The fraction of sp³-hybridized carbons (Fsp3) is 0.478. The quantitative estimate of drug-likeness (QED) is 0.00497. The number of rotatable bonds is 42. The van der Waals surface area contributed by atoms with Gasteiger partial charge in [0.1, 0.15) is 74.5 Å². The molecule has 9 N–H and O–H groups in total. The molecule has 4 aliphatic rings. The van der Waals surface area contributed by atoms with E-state index >= 15 is 0 Å². The summed E-state index contributed by atoms with van der Waals surface area (Å²) in [7, 11) is 8.91. The first-order chi connectivity index (χ1) is 59.8. The molecule has 4 amide bonds. The van der Waals surface area contributed by atoms with Crippen molar-refractivity contribution in [3.8, 4) is 23.0 Å². The second kappa shape index (κ2) is 60.5. The van der Waals surface area contributed by atoms with Crippen LogP contribution in [0.5, 0.6) is 23.0 Å². The lowest BCUT2D eigenvalue weighted by molar-refractivity contribution is -0.148. The molecule has 0 aromatic heterocycles. The Kier molecular flexibility index (Phi) is 51.8. The van der Waals surface area contributed by atoms with Crippen molar-refractivity contribution in [3.63, 3.8) is 0 Å². The highest BCUT2D eigenvalue weighted by Gasteiger charge is 2.36. The van der Waals surface area contributed by atoms with Gasteiger partial charge in [-0.3, -0.25) is 69.6 Å². The number of carbonyl (C=O) groups excluding carboxylic acids is 10. The predicted octanol–water partition coefficient (Wildman–Crippen LogP) is 10.9. The second-order valence-electron chi connectivity index (χ2n) is 31.1. The Hall–Kier alpha value is -12.1. The molecule has 31 nitrogen and oxygen atoms in total. The smallest absolute Gasteiger partial charge is 0.384 e. The van der Waals surface area contributed by atoms with Gasteiger partial charge in [0.15, 0.2) is 17.3 Å². The minimum Gasteiger partial charge on any atom is -0.555 e. The lowest BCUT2D eigenvalue weighted by Crippen LogP contribution is -2.45. The summed E-state index contributed by atoms with van der Waals surface area (Å²) in [5.74, 6) is -6.80. The van der Waals surface area contributed by atoms with Crippen LogP contribution in [0.15, 0.2) is 147 Å². The predicted molar refractivity (Wildman–Crippen MR) is 478 cm³/mol. The molecule has 11 atom stereocenters. The summed E-state index contributed by atoms with van der Waals surface area (Å²) in [6, 6.07) is 25.9. The molecule has 0 saturated heterocycles. The van der Waals surface area contributed by atoms with E-state index in [1.54, 1.807) is 60.7 Å². The van der Waals surface area contributed by atoms with Crippen LogP contribution in [-0.4, -0.2) is 197 Å². The molecule has 4 heterocycles. The van der Waals surface area contributed by atoms with Gasteiger partial charge >= 0.3 is 53.8 Å². The number of aliphatic carboxylic acids is 1. The number of nitrogens with one attached hydrogen (secondary N) is 8. The summed E-state index contributed by atoms with van der Waals surface area (Å²) in [6.07, 6.45) is 14.6. The number of ether oxygens (including phenoxy) is 7. The van der Waals surface area contributed by atoms with E-state index in [-0.39, 0.29) is 78.7 Å². The standard InChI is InChI=1S/C25H34BN2O6.C23H32BN2O6.C23H30BN2O6.C19H26BN2O5/c1-6-12-33-20-10-8-18(9-11-20)14-21(26-34-16-27)24(30)28-22(13-17(3)4)23(29)15-19(7-2)25(31)32-5;2*1-15(2)11-20-21(27)13-17(23(29)30-3)5-4-10-31-18-8-6-16(7-9-18)12-19(22(28)26-20)24-32-14-25;1-4-9-26-15-7-5-14(6-8-15)11-16(20-27-12-21)18(23)22-17(19(24)25)10-13(2)3/h6-11,16-17,19,21-22,27H,1-2,12-15H2,3-5H3,(H,28,30);6-9,14-15,17,19-20,25H,4-5,10-13H2,1-3H3,(H,26,28);4-9,14-15,17,19-20,25H,10-13H2,1-3H3,(H,26,28);4-8,12-13,16-17,21H,1,9-11H2,2-3H3,(H,22,23)(H,24,25)/t19-,21+,22+;2*17-,19+,20+;16-,17-/m1110/s1. The van der Waals surface area contributed by atoms with Gasteiger partial charge in [-0.25, -0.2) is 4.79 Å². The van der Waals surface area contributed by atoms with Crippen molar-refractivity contribution in [2.24, 2.45) is 41.4 Å². The summed E-state index contributed by atoms with van der Waals surface area (Å²) in [5.41, 5.74) is 3.47. The van der Waals surface area contributed by atoms with Crippen LogP contribution in [0.4, 0.5) is 0 Å². The summed E-state index contributed by atoms with van der Waals surface area (Å²) >= 11 is 0. The number of carboxylic acids is 1. The number of methoxy groups -OCH3 is 3. The zero-order valence-corrected chi connectivity index (χ0v) is 73.5. The zero-order valence-electron chi connectivity index (χ0n) is 73.5. The Labute approximate surface area is 737 Å². The average molecular weight is 1730 g/mol. The number of hydrogen-bond donors (Lipinski definition) is 9. The van der Waals surface area contributed by atoms with Gasteiger partial charge in [-0.1, -0.05) is 147 Å². The van der Waals surface area contributed by atoms with Crippen molar-refractivity contribution >= 4 is 120 Å². The topological polar surface area (TPSA) is 453 Å². The van der Waals surface area contributed by atoms with Crippen LogP contribution in [0.25, 0.3) is 0 Å². The Balaban J connectivity index is 0.000000431. The summed E-state index contributed by atoms with van der Waals surface area (Å²) in [5, 5.41) is 48.7. The SMILES string of the molecule is C=CCOc1ccc(C[C@H]([B]OC=N)C(=O)N[C@@H](CC(C)C)C(=O)C[C@@H](C=C)C(=O)OC)cc1.C=CCOc1ccc(C[C@H]([B]OC=N)C(=O)N[C@@H](CC(C)C)C(=O)O)cc1.COC(=O)[C@@H]1C=CCOc2ccc(cc2)C[C@H]([B]OC=N)C(=O)N[C@@H](CC(C)C)C(=O)C1.COC(=O)[C@@H]1CCCOc2ccc(cc2)C[C@H]([B]OC=N)C(=O)N[C@@H](CC(C)C)C(=O)C1. The number of hydrogen-bond acceptors (Lipinski definition) is 26. The molecule has 672 valence electrons. The van der Waals surface area contributed by atoms with Gasteiger partial charge < -0.3 is 78.1 Å². The maximum Gasteiger partial charge on any atom is 0.384 e. The lowest BCUT2D eigenvalue weighted by Gasteiger charge is -2.24. The minimum atomic E-state index is -1.08. The summed E-state index contributed by atoms with van der Waals surface area (Å²) in [4.78, 5) is 139. The Morgan fingerprint density at radius 3 is 1.38 bits per heavy atom. The Bertz CT molecular complexity index is 4110. The molecule has 0 fully saturated rings. The van der Waals surface area contributed by atoms with E-state index in [0.29, 0.717) is 107 Å². The number of Topliss-reactive ketones (excluding diaryl/α,β-unsaturated/α-hetero) is 3. The molecule has 125 heavy (non-hydrogen) atoms. The fourth-order valence-electron chi connectivity index (χ4n) is 12.8. The third-order valence-electron chi connectivity index (χ3n) is 19.2. The largest absolute Gasteiger partial charge is 0.555 e. The van der Waals surface area contributed by atoms with Crippen LogP contribution in [0.2, 0.25) is 23.3 Å². The highest BCUT2D eigenvalue weighted by Crippen LogP contribution is 2.28. The van der Waals surface area contributed by atoms with Gasteiger partial charge in [0.2, 0.25) is 23.6 Å². The van der Waals surface area contributed by atoms with Crippen molar-refractivity contribution in [3.05, 3.63) is 169 Å². The van der Waals surface area contributed by atoms with E-state index in [9.17, 15) is 57.8 Å². The molecule has 0 unspecified atom stereocenters. The maximum atomic E-state index is 13.1. The fourth-order valence-corrected chi connectivity index (χ4v) is 12.8. The van der Waals surface area contributed by atoms with E-state index in [4.69, 9.17) is 73.4 Å². The van der Waals surface area contributed by atoms with Crippen LogP contribution in [-0.2, 0) is 111 Å². The molecule has 0 spiro atoms. The molecule has 35 heteroatoms. The molecule has 0 aliphatic carbocycles. The summed E-state index contributed by atoms with van der Waals surface area (Å²) < 4.78 is 56.6. The molecule has 0 saturated carbocycles. The van der Waals surface area contributed by atoms with E-state index in [1.807, 2.05) is 116 Å². The van der Waals surface area contributed by atoms with Crippen LogP contribution in [0, 0.1) is 63.1 Å². The molecule has 4 aromatic rings. The third kappa shape index (κ3) is 42.7. The van der Waals surface area contributed by atoms with E-state index in [1.165, 1.54) is 57.3 Å². The zero-order chi connectivity index (χ0) is 92.8. The van der Waals surface area contributed by atoms with Crippen LogP contribution in [0.3, 0.4) is 0 Å². The van der Waals surface area contributed by atoms with Crippen molar-refractivity contribution in [2.75, 3.05) is 47.8 Å². The first-order valence-electron chi connectivity index (χ1n) is 41.3. The number of esters is 3. The van der Waals surface area contributed by atoms with E-state index < -0.39 is 101 Å². The summed E-state index contributed by atoms with van der Waals surface area (Å²) in [6.45, 7) is 27.7. The number of fused-ring (bicyclic) bond motifs is 25. The molecular formula is C90H122B4N8O23. The number of amides is 4. The molecule has 4 radical (unpaired) electrons. The molecule has 4 aliphatic heterocycles. The molecule has 4 bridgehead atoms. The van der Waals surface area contributed by atoms with Gasteiger partial charge in [-0.15, -0.1) is 6.58 Å². The first-order valence-corrected chi connectivity index (χ1v) is 41.3. The van der Waals surface area contributed by atoms with Crippen molar-refractivity contribution in [1.29, 1.82) is 21.6 Å². The van der Waals surface area contributed by atoms with Crippen LogP contribution in [0.1, 0.15) is 135 Å². The monoisotopic (exact) mass is 1730 g/mol. The van der Waals surface area contributed by atoms with E-state index in [0.717, 1.165) is 47.9 Å². The van der Waals surface area contributed by atoms with Gasteiger partial charge in [-0.05, 0) is 159 Å². The highest BCUT2D eigenvalue weighted by molar-refractivity contribution is 6.41. The highest BCUT2D eigenvalue weighted by atomic mass is 16.5. The average Bonchev–Trinajstić information content (AvgIpc) is 0.865. The van der Waals surface area contributed by atoms with Gasteiger partial charge in [0.25, 0.3) is 0 Å². The molecule has 4 aromatic carbocycles.